The topological polar surface area (TPSA) is 100.0 Å². The second-order valence-electron chi connectivity index (χ2n) is 4.83. The first-order valence-electron chi connectivity index (χ1n) is 6.81. The number of nitrogens with zero attached hydrogens (tertiary/aromatic N) is 4. The summed E-state index contributed by atoms with van der Waals surface area (Å²) in [6.07, 6.45) is 0.437. The molecule has 0 bridgehead atoms. The van der Waals surface area contributed by atoms with Gasteiger partial charge in [-0.15, -0.1) is 0 Å². The van der Waals surface area contributed by atoms with Gasteiger partial charge in [0.05, 0.1) is 10.2 Å². The molecule has 0 saturated carbocycles. The van der Waals surface area contributed by atoms with Crippen molar-refractivity contribution in [3.8, 4) is 5.88 Å². The first kappa shape index (κ1) is 15.6. The quantitative estimate of drug-likeness (QED) is 0.724. The van der Waals surface area contributed by atoms with E-state index in [1.165, 1.54) is 0 Å². The summed E-state index contributed by atoms with van der Waals surface area (Å²) in [6, 6.07) is 3.63. The van der Waals surface area contributed by atoms with E-state index in [0.29, 0.717) is 33.6 Å². The zero-order valence-corrected chi connectivity index (χ0v) is 13.8. The Bertz CT molecular complexity index is 855. The molecule has 3 rings (SSSR count). The lowest BCUT2D eigenvalue weighted by Crippen LogP contribution is -2.06. The lowest BCUT2D eigenvalue weighted by molar-refractivity contribution is 0.262. The molecule has 0 aliphatic heterocycles. The number of hydrogen-bond acceptors (Lipinski definition) is 7. The Morgan fingerprint density at radius 3 is 2.91 bits per heavy atom. The number of pyridine rings is 2. The highest BCUT2D eigenvalue weighted by Crippen LogP contribution is 2.27. The van der Waals surface area contributed by atoms with E-state index in [-0.39, 0.29) is 6.61 Å². The van der Waals surface area contributed by atoms with Crippen LogP contribution in [0.3, 0.4) is 0 Å². The molecule has 0 atom stereocenters. The van der Waals surface area contributed by atoms with Crippen molar-refractivity contribution in [1.29, 1.82) is 0 Å². The van der Waals surface area contributed by atoms with Gasteiger partial charge in [0.1, 0.15) is 13.3 Å². The van der Waals surface area contributed by atoms with Crippen LogP contribution in [0.5, 0.6) is 5.88 Å². The highest BCUT2D eigenvalue weighted by Gasteiger charge is 2.16. The Hall–Kier alpha value is -2.29. The van der Waals surface area contributed by atoms with Gasteiger partial charge in [-0.05, 0) is 45.3 Å². The maximum Gasteiger partial charge on any atom is 0.228 e. The Kier molecular flexibility index (Phi) is 4.37. The van der Waals surface area contributed by atoms with Crippen molar-refractivity contribution < 1.29 is 13.8 Å². The Morgan fingerprint density at radius 2 is 2.13 bits per heavy atom. The Balaban J connectivity index is 1.95. The number of aryl methyl sites for hydroxylation is 1. The van der Waals surface area contributed by atoms with E-state index in [9.17, 15) is 4.39 Å². The van der Waals surface area contributed by atoms with Gasteiger partial charge in [0.25, 0.3) is 0 Å². The molecule has 0 spiro atoms. The molecule has 9 heteroatoms. The molecule has 0 radical (unpaired) electrons. The third-order valence-corrected chi connectivity index (χ3v) is 3.91. The number of fused-ring (bicyclic) bond motifs is 1. The third kappa shape index (κ3) is 3.09. The molecule has 0 aliphatic carbocycles. The normalized spacial score (nSPS) is 11.1. The molecule has 3 aromatic rings. The van der Waals surface area contributed by atoms with Crippen LogP contribution < -0.4 is 10.5 Å². The largest absolute Gasteiger partial charge is 0.474 e. The predicted octanol–water partition coefficient (Wildman–Crippen LogP) is 2.61. The monoisotopic (exact) mass is 381 g/mol. The minimum absolute atomic E-state index is 0.0473. The molecule has 0 fully saturated rings. The van der Waals surface area contributed by atoms with Crippen molar-refractivity contribution in [2.75, 3.05) is 19.0 Å². The van der Waals surface area contributed by atoms with Gasteiger partial charge in [0.2, 0.25) is 11.5 Å². The predicted molar refractivity (Wildman–Crippen MR) is 85.0 cm³/mol. The number of aromatic nitrogens is 4. The molecule has 0 saturated heterocycles. The van der Waals surface area contributed by atoms with Gasteiger partial charge >= 0.3 is 0 Å². The van der Waals surface area contributed by atoms with E-state index in [0.717, 1.165) is 17.0 Å². The molecule has 3 heterocycles. The first-order valence-corrected chi connectivity index (χ1v) is 7.61. The van der Waals surface area contributed by atoms with Crippen LogP contribution in [0, 0.1) is 6.92 Å². The molecule has 120 valence electrons. The van der Waals surface area contributed by atoms with Crippen LogP contribution in [0.2, 0.25) is 0 Å². The van der Waals surface area contributed by atoms with Crippen LogP contribution in [-0.4, -0.2) is 33.6 Å². The lowest BCUT2D eigenvalue weighted by atomic mass is 10.1. The van der Waals surface area contributed by atoms with Crippen molar-refractivity contribution in [3.63, 3.8) is 0 Å². The van der Waals surface area contributed by atoms with Gasteiger partial charge in [-0.1, -0.05) is 0 Å². The highest BCUT2D eigenvalue weighted by molar-refractivity contribution is 9.10. The number of nitrogen functional groups attached to an aromatic ring is 1. The van der Waals surface area contributed by atoms with Crippen LogP contribution in [0.1, 0.15) is 17.0 Å². The molecular weight excluding hydrogens is 369 g/mol. The van der Waals surface area contributed by atoms with Gasteiger partial charge < -0.3 is 10.5 Å². The summed E-state index contributed by atoms with van der Waals surface area (Å²) in [5, 5.41) is 7.46. The van der Waals surface area contributed by atoms with Crippen molar-refractivity contribution in [1.82, 2.24) is 20.3 Å². The van der Waals surface area contributed by atoms with Gasteiger partial charge in [-0.2, -0.15) is 0 Å². The molecule has 23 heavy (non-hydrogen) atoms. The van der Waals surface area contributed by atoms with E-state index in [4.69, 9.17) is 10.5 Å². The SMILES string of the molecule is Cc1nc2nonc2c(N)c1Cc1ccc(Br)c(OCCF)n1. The smallest absolute Gasteiger partial charge is 0.228 e. The summed E-state index contributed by atoms with van der Waals surface area (Å²) >= 11 is 3.32. The number of ether oxygens (including phenoxy) is 1. The van der Waals surface area contributed by atoms with E-state index in [2.05, 4.69) is 40.8 Å². The van der Waals surface area contributed by atoms with E-state index < -0.39 is 6.67 Å². The molecule has 0 aromatic carbocycles. The van der Waals surface area contributed by atoms with Gasteiger partial charge in [-0.3, -0.25) is 0 Å². The molecule has 7 nitrogen and oxygen atoms in total. The molecule has 2 N–H and O–H groups in total. The Morgan fingerprint density at radius 1 is 1.30 bits per heavy atom. The Labute approximate surface area is 139 Å². The molecular formula is C14H13BrFN5O2. The average molecular weight is 382 g/mol. The fourth-order valence-electron chi connectivity index (χ4n) is 2.19. The molecule has 0 amide bonds. The highest BCUT2D eigenvalue weighted by atomic mass is 79.9. The summed E-state index contributed by atoms with van der Waals surface area (Å²) in [7, 11) is 0. The molecule has 0 aliphatic rings. The summed E-state index contributed by atoms with van der Waals surface area (Å²) in [5.41, 5.74) is 9.64. The molecule has 0 unspecified atom stereocenters. The van der Waals surface area contributed by atoms with Gasteiger partial charge in [-0.25, -0.2) is 19.0 Å². The van der Waals surface area contributed by atoms with Gasteiger partial charge in [0.15, 0.2) is 5.52 Å². The summed E-state index contributed by atoms with van der Waals surface area (Å²) in [5.74, 6) is 0.341. The fourth-order valence-corrected chi connectivity index (χ4v) is 2.53. The number of hydrogen-bond donors (Lipinski definition) is 1. The second-order valence-corrected chi connectivity index (χ2v) is 5.68. The first-order chi connectivity index (χ1) is 11.1. The average Bonchev–Trinajstić information content (AvgIpc) is 3.00. The minimum Gasteiger partial charge on any atom is -0.474 e. The van der Waals surface area contributed by atoms with E-state index in [1.807, 2.05) is 13.0 Å². The summed E-state index contributed by atoms with van der Waals surface area (Å²) in [6.45, 7) is 1.21. The van der Waals surface area contributed by atoms with Crippen molar-refractivity contribution in [3.05, 3.63) is 33.6 Å². The third-order valence-electron chi connectivity index (χ3n) is 3.31. The number of rotatable bonds is 5. The number of anilines is 1. The van der Waals surface area contributed by atoms with Crippen LogP contribution in [0.15, 0.2) is 21.2 Å². The standard InChI is InChI=1S/C14H13BrFN5O2/c1-7-9(11(17)12-13(18-7)21-23-20-12)6-8-2-3-10(15)14(19-8)22-5-4-16/h2-3H,4-6,17H2,1H3. The fraction of sp³-hybridized carbons (Fsp3) is 0.286. The number of nitrogens with two attached hydrogens (primary N) is 1. The number of halogens is 2. The van der Waals surface area contributed by atoms with Gasteiger partial charge in [0, 0.05) is 23.4 Å². The minimum atomic E-state index is -0.579. The zero-order valence-electron chi connectivity index (χ0n) is 12.2. The second kappa shape index (κ2) is 6.45. The van der Waals surface area contributed by atoms with Crippen LogP contribution in [0.25, 0.3) is 11.2 Å². The van der Waals surface area contributed by atoms with Crippen molar-refractivity contribution >= 4 is 32.8 Å². The van der Waals surface area contributed by atoms with E-state index >= 15 is 0 Å². The van der Waals surface area contributed by atoms with Crippen LogP contribution >= 0.6 is 15.9 Å². The van der Waals surface area contributed by atoms with Crippen molar-refractivity contribution in [2.45, 2.75) is 13.3 Å². The summed E-state index contributed by atoms with van der Waals surface area (Å²) in [4.78, 5) is 8.69. The van der Waals surface area contributed by atoms with E-state index in [1.54, 1.807) is 6.07 Å². The molecule has 3 aromatic heterocycles. The van der Waals surface area contributed by atoms with Crippen LogP contribution in [-0.2, 0) is 6.42 Å². The number of alkyl halides is 1. The zero-order chi connectivity index (χ0) is 16.4. The van der Waals surface area contributed by atoms with Crippen molar-refractivity contribution in [2.24, 2.45) is 0 Å². The maximum absolute atomic E-state index is 12.3. The summed E-state index contributed by atoms with van der Waals surface area (Å²) < 4.78 is 22.9. The lowest BCUT2D eigenvalue weighted by Gasteiger charge is -2.10. The maximum atomic E-state index is 12.3. The van der Waals surface area contributed by atoms with Crippen LogP contribution in [0.4, 0.5) is 10.1 Å².